The highest BCUT2D eigenvalue weighted by molar-refractivity contribution is 6.34. The van der Waals surface area contributed by atoms with Gasteiger partial charge in [0.15, 0.2) is 6.61 Å². The van der Waals surface area contributed by atoms with E-state index in [0.29, 0.717) is 30.2 Å². The summed E-state index contributed by atoms with van der Waals surface area (Å²) in [7, 11) is 0. The van der Waals surface area contributed by atoms with E-state index in [9.17, 15) is 14.4 Å². The highest BCUT2D eigenvalue weighted by atomic mass is 35.5. The zero-order valence-electron chi connectivity index (χ0n) is 15.4. The smallest absolute Gasteiger partial charge is 0.338 e. The number of ether oxygens (including phenoxy) is 1. The Bertz CT molecular complexity index is 790. The molecule has 7 heteroatoms. The van der Waals surface area contributed by atoms with Crippen molar-refractivity contribution >= 4 is 35.1 Å². The fourth-order valence-electron chi connectivity index (χ4n) is 3.48. The number of anilines is 1. The lowest BCUT2D eigenvalue weighted by molar-refractivity contribution is -0.132. The second-order valence-corrected chi connectivity index (χ2v) is 7.02. The van der Waals surface area contributed by atoms with E-state index in [1.807, 2.05) is 6.92 Å². The van der Waals surface area contributed by atoms with Crippen LogP contribution < -0.4 is 4.90 Å². The average molecular weight is 391 g/mol. The van der Waals surface area contributed by atoms with Gasteiger partial charge >= 0.3 is 5.97 Å². The van der Waals surface area contributed by atoms with Gasteiger partial charge in [-0.15, -0.1) is 0 Å². The van der Waals surface area contributed by atoms with Gasteiger partial charge in [0, 0.05) is 25.2 Å². The van der Waals surface area contributed by atoms with Gasteiger partial charge < -0.3 is 14.5 Å². The molecule has 0 radical (unpaired) electrons. The van der Waals surface area contributed by atoms with E-state index in [2.05, 4.69) is 6.08 Å². The zero-order valence-corrected chi connectivity index (χ0v) is 16.1. The van der Waals surface area contributed by atoms with Crippen molar-refractivity contribution in [3.63, 3.8) is 0 Å². The molecule has 0 bridgehead atoms. The average Bonchev–Trinajstić information content (AvgIpc) is 3.33. The fraction of sp³-hybridized carbons (Fsp3) is 0.450. The van der Waals surface area contributed by atoms with Gasteiger partial charge in [0.05, 0.1) is 16.3 Å². The van der Waals surface area contributed by atoms with E-state index >= 15 is 0 Å². The molecule has 1 heterocycles. The molecule has 6 nitrogen and oxygen atoms in total. The molecule has 0 saturated carbocycles. The molecule has 27 heavy (non-hydrogen) atoms. The Balaban J connectivity index is 1.65. The summed E-state index contributed by atoms with van der Waals surface area (Å²) in [5, 5.41) is 0.406. The standard InChI is InChI=1S/C20H23ClN2O4/c1-2-22(15-6-3-4-7-15)19(25)13-27-20(26)14-9-10-16(21)17(12-14)23-11-5-8-18(23)24/h6,9-10,12H,2-5,7-8,11,13H2,1H3. The number of carbonyl (C=O) groups excluding carboxylic acids is 3. The number of hydrogen-bond donors (Lipinski definition) is 0. The predicted molar refractivity (Wildman–Crippen MR) is 103 cm³/mol. The number of allylic oxidation sites excluding steroid dienone is 2. The second-order valence-electron chi connectivity index (χ2n) is 6.62. The van der Waals surface area contributed by atoms with Gasteiger partial charge in [-0.05, 0) is 50.8 Å². The quantitative estimate of drug-likeness (QED) is 0.697. The van der Waals surface area contributed by atoms with Crippen LogP contribution in [0.3, 0.4) is 0 Å². The molecule has 1 saturated heterocycles. The number of hydrogen-bond acceptors (Lipinski definition) is 4. The van der Waals surface area contributed by atoms with Crippen LogP contribution in [0.2, 0.25) is 5.02 Å². The predicted octanol–water partition coefficient (Wildman–Crippen LogP) is 3.54. The molecule has 144 valence electrons. The fourth-order valence-corrected chi connectivity index (χ4v) is 3.70. The van der Waals surface area contributed by atoms with Crippen molar-refractivity contribution in [3.05, 3.63) is 40.6 Å². The number of rotatable bonds is 6. The van der Waals surface area contributed by atoms with Crippen molar-refractivity contribution < 1.29 is 19.1 Å². The third-order valence-electron chi connectivity index (χ3n) is 4.85. The molecule has 0 atom stereocenters. The summed E-state index contributed by atoms with van der Waals surface area (Å²) in [6, 6.07) is 4.66. The van der Waals surface area contributed by atoms with Crippen molar-refractivity contribution in [2.75, 3.05) is 24.6 Å². The molecular weight excluding hydrogens is 368 g/mol. The summed E-state index contributed by atoms with van der Waals surface area (Å²) >= 11 is 6.19. The molecule has 1 aromatic rings. The van der Waals surface area contributed by atoms with Crippen LogP contribution in [0.15, 0.2) is 30.0 Å². The second kappa shape index (κ2) is 8.57. The number of amides is 2. The lowest BCUT2D eigenvalue weighted by Gasteiger charge is -2.22. The van der Waals surface area contributed by atoms with E-state index in [1.165, 1.54) is 6.07 Å². The number of carbonyl (C=O) groups is 3. The van der Waals surface area contributed by atoms with Crippen LogP contribution in [0.4, 0.5) is 5.69 Å². The first-order valence-corrected chi connectivity index (χ1v) is 9.65. The van der Waals surface area contributed by atoms with Crippen molar-refractivity contribution in [3.8, 4) is 0 Å². The van der Waals surface area contributed by atoms with Gasteiger partial charge in [-0.1, -0.05) is 17.7 Å². The summed E-state index contributed by atoms with van der Waals surface area (Å²) in [5.74, 6) is -0.853. The Morgan fingerprint density at radius 1 is 1.26 bits per heavy atom. The Morgan fingerprint density at radius 2 is 2.07 bits per heavy atom. The van der Waals surface area contributed by atoms with Crippen LogP contribution in [0.5, 0.6) is 0 Å². The summed E-state index contributed by atoms with van der Waals surface area (Å²) in [6.45, 7) is 2.71. The van der Waals surface area contributed by atoms with E-state index < -0.39 is 5.97 Å². The summed E-state index contributed by atoms with van der Waals surface area (Å²) in [6.07, 6.45) is 6.19. The number of nitrogens with zero attached hydrogens (tertiary/aromatic N) is 2. The summed E-state index contributed by atoms with van der Waals surface area (Å²) in [4.78, 5) is 40.0. The topological polar surface area (TPSA) is 66.9 Å². The molecule has 1 aliphatic heterocycles. The van der Waals surface area contributed by atoms with Gasteiger partial charge in [-0.25, -0.2) is 4.79 Å². The van der Waals surface area contributed by atoms with Crippen molar-refractivity contribution in [1.29, 1.82) is 0 Å². The Labute approximate surface area is 163 Å². The first-order valence-electron chi connectivity index (χ1n) is 9.27. The molecular formula is C20H23ClN2O4. The monoisotopic (exact) mass is 390 g/mol. The highest BCUT2D eigenvalue weighted by Crippen LogP contribution is 2.30. The highest BCUT2D eigenvalue weighted by Gasteiger charge is 2.25. The molecule has 1 aliphatic carbocycles. The maximum absolute atomic E-state index is 12.4. The maximum atomic E-state index is 12.4. The largest absolute Gasteiger partial charge is 0.452 e. The minimum absolute atomic E-state index is 0.0129. The van der Waals surface area contributed by atoms with E-state index in [1.54, 1.807) is 21.9 Å². The molecule has 1 aromatic carbocycles. The molecule has 2 aliphatic rings. The SMILES string of the molecule is CCN(C(=O)COC(=O)c1ccc(Cl)c(N2CCCC2=O)c1)C1=CCCC1. The summed E-state index contributed by atoms with van der Waals surface area (Å²) in [5.41, 5.74) is 1.77. The van der Waals surface area contributed by atoms with Gasteiger partial charge in [0.25, 0.3) is 5.91 Å². The molecule has 0 N–H and O–H groups in total. The first kappa shape index (κ1) is 19.4. The first-order chi connectivity index (χ1) is 13.0. The van der Waals surface area contributed by atoms with Crippen LogP contribution >= 0.6 is 11.6 Å². The Morgan fingerprint density at radius 3 is 2.70 bits per heavy atom. The lowest BCUT2D eigenvalue weighted by Crippen LogP contribution is -2.33. The van der Waals surface area contributed by atoms with E-state index in [0.717, 1.165) is 31.4 Å². The lowest BCUT2D eigenvalue weighted by atomic mass is 10.2. The normalized spacial score (nSPS) is 16.4. The third-order valence-corrected chi connectivity index (χ3v) is 5.17. The molecule has 0 aromatic heterocycles. The number of halogens is 1. The van der Waals surface area contributed by atoms with E-state index in [-0.39, 0.29) is 24.0 Å². The maximum Gasteiger partial charge on any atom is 0.338 e. The van der Waals surface area contributed by atoms with Gasteiger partial charge in [-0.2, -0.15) is 0 Å². The summed E-state index contributed by atoms with van der Waals surface area (Å²) < 4.78 is 5.21. The van der Waals surface area contributed by atoms with Gasteiger partial charge in [0.1, 0.15) is 0 Å². The number of benzene rings is 1. The van der Waals surface area contributed by atoms with E-state index in [4.69, 9.17) is 16.3 Å². The molecule has 1 fully saturated rings. The van der Waals surface area contributed by atoms with Crippen molar-refractivity contribution in [1.82, 2.24) is 4.90 Å². The van der Waals surface area contributed by atoms with Crippen LogP contribution in [0.1, 0.15) is 49.4 Å². The Kier molecular flexibility index (Phi) is 6.16. The van der Waals surface area contributed by atoms with Gasteiger partial charge in [0.2, 0.25) is 5.91 Å². The van der Waals surface area contributed by atoms with Crippen LogP contribution in [-0.2, 0) is 14.3 Å². The Hall–Kier alpha value is -2.34. The molecule has 0 unspecified atom stereocenters. The molecule has 3 rings (SSSR count). The number of esters is 1. The third kappa shape index (κ3) is 4.33. The van der Waals surface area contributed by atoms with Crippen LogP contribution in [0.25, 0.3) is 0 Å². The van der Waals surface area contributed by atoms with Gasteiger partial charge in [-0.3, -0.25) is 9.59 Å². The minimum Gasteiger partial charge on any atom is -0.452 e. The molecule has 0 spiro atoms. The molecule has 2 amide bonds. The van der Waals surface area contributed by atoms with Crippen LogP contribution in [-0.4, -0.2) is 42.4 Å². The zero-order chi connectivity index (χ0) is 19.4. The van der Waals surface area contributed by atoms with Crippen molar-refractivity contribution in [2.24, 2.45) is 0 Å². The number of likely N-dealkylation sites (N-methyl/N-ethyl adjacent to an activating group) is 1. The minimum atomic E-state index is -0.607. The van der Waals surface area contributed by atoms with Crippen molar-refractivity contribution in [2.45, 2.75) is 39.0 Å². The van der Waals surface area contributed by atoms with Crippen LogP contribution in [0, 0.1) is 0 Å².